The highest BCUT2D eigenvalue weighted by Crippen LogP contribution is 2.04. The fourth-order valence-electron chi connectivity index (χ4n) is 1.52. The van der Waals surface area contributed by atoms with Crippen molar-refractivity contribution in [1.29, 1.82) is 0 Å². The molecule has 0 saturated carbocycles. The van der Waals surface area contributed by atoms with Crippen LogP contribution >= 0.6 is 0 Å². The molecule has 5 nitrogen and oxygen atoms in total. The van der Waals surface area contributed by atoms with Gasteiger partial charge in [-0.3, -0.25) is 9.59 Å². The van der Waals surface area contributed by atoms with E-state index in [2.05, 4.69) is 24.1 Å². The van der Waals surface area contributed by atoms with Crippen molar-refractivity contribution in [2.45, 2.75) is 27.2 Å². The molecule has 0 bridgehead atoms. The van der Waals surface area contributed by atoms with Crippen LogP contribution < -0.4 is 5.32 Å². The van der Waals surface area contributed by atoms with E-state index in [4.69, 9.17) is 4.74 Å². The highest BCUT2D eigenvalue weighted by atomic mass is 16.5. The Balaban J connectivity index is 2.22. The molecule has 0 unspecified atom stereocenters. The summed E-state index contributed by atoms with van der Waals surface area (Å²) in [5, 5.41) is 2.78. The molecule has 2 N–H and O–H groups in total. The van der Waals surface area contributed by atoms with E-state index >= 15 is 0 Å². The maximum Gasteiger partial charge on any atom is 0.267 e. The van der Waals surface area contributed by atoms with Crippen LogP contribution in [0.4, 0.5) is 0 Å². The average molecular weight is 266 g/mol. The maximum absolute atomic E-state index is 11.7. The van der Waals surface area contributed by atoms with Crippen LogP contribution in [0.3, 0.4) is 0 Å². The average Bonchev–Trinajstić information content (AvgIpc) is 2.82. The van der Waals surface area contributed by atoms with Crippen LogP contribution in [0.15, 0.2) is 12.3 Å². The highest BCUT2D eigenvalue weighted by molar-refractivity contribution is 5.98. The van der Waals surface area contributed by atoms with Crippen LogP contribution in [0, 0.1) is 5.92 Å². The van der Waals surface area contributed by atoms with Gasteiger partial charge in [0.15, 0.2) is 5.78 Å². The van der Waals surface area contributed by atoms with E-state index in [1.807, 2.05) is 0 Å². The van der Waals surface area contributed by atoms with Gasteiger partial charge in [0.1, 0.15) is 5.69 Å². The molecule has 0 aliphatic rings. The van der Waals surface area contributed by atoms with Crippen LogP contribution in [0.2, 0.25) is 0 Å². The number of Topliss-reactive ketones (excluding diaryl/α,β-unsaturated/α-hetero) is 1. The lowest BCUT2D eigenvalue weighted by Crippen LogP contribution is -2.25. The number of rotatable bonds is 8. The topological polar surface area (TPSA) is 71.2 Å². The quantitative estimate of drug-likeness (QED) is 0.558. The number of ketones is 1. The van der Waals surface area contributed by atoms with Crippen LogP contribution in [0.25, 0.3) is 0 Å². The summed E-state index contributed by atoms with van der Waals surface area (Å²) in [5.74, 6) is 0.271. The van der Waals surface area contributed by atoms with Crippen molar-refractivity contribution in [2.75, 3.05) is 19.8 Å². The summed E-state index contributed by atoms with van der Waals surface area (Å²) >= 11 is 0. The molecule has 1 heterocycles. The fraction of sp³-hybridized carbons (Fsp3) is 0.571. The van der Waals surface area contributed by atoms with Gasteiger partial charge >= 0.3 is 0 Å². The monoisotopic (exact) mass is 266 g/mol. The third-order valence-electron chi connectivity index (χ3n) is 2.54. The Hall–Kier alpha value is -1.62. The molecule has 1 aromatic heterocycles. The van der Waals surface area contributed by atoms with Crippen LogP contribution in [0.5, 0.6) is 0 Å². The molecule has 1 amide bonds. The first-order valence-corrected chi connectivity index (χ1v) is 6.56. The Kier molecular flexibility index (Phi) is 6.29. The molecule has 5 heteroatoms. The Bertz CT molecular complexity index is 424. The number of hydrogen-bond donors (Lipinski definition) is 2. The largest absolute Gasteiger partial charge is 0.381 e. The number of nitrogens with one attached hydrogen (secondary N) is 2. The predicted molar refractivity (Wildman–Crippen MR) is 73.4 cm³/mol. The van der Waals surface area contributed by atoms with E-state index in [-0.39, 0.29) is 11.7 Å². The van der Waals surface area contributed by atoms with Gasteiger partial charge < -0.3 is 15.0 Å². The molecule has 1 rings (SSSR count). The fourth-order valence-corrected chi connectivity index (χ4v) is 1.52. The van der Waals surface area contributed by atoms with Crippen LogP contribution in [-0.2, 0) is 4.74 Å². The lowest BCUT2D eigenvalue weighted by atomic mass is 10.2. The molecule has 0 aliphatic carbocycles. The second-order valence-electron chi connectivity index (χ2n) is 4.94. The minimum Gasteiger partial charge on any atom is -0.381 e. The van der Waals surface area contributed by atoms with E-state index in [1.165, 1.54) is 6.92 Å². The first kappa shape index (κ1) is 15.4. The summed E-state index contributed by atoms with van der Waals surface area (Å²) in [6.45, 7) is 7.61. The molecular weight excluding hydrogens is 244 g/mol. The zero-order valence-electron chi connectivity index (χ0n) is 11.8. The summed E-state index contributed by atoms with van der Waals surface area (Å²) in [4.78, 5) is 25.6. The number of amides is 1. The van der Waals surface area contributed by atoms with Gasteiger partial charge in [-0.1, -0.05) is 13.8 Å². The third kappa shape index (κ3) is 5.70. The van der Waals surface area contributed by atoms with Gasteiger partial charge in [-0.25, -0.2) is 0 Å². The second-order valence-corrected chi connectivity index (χ2v) is 4.94. The Morgan fingerprint density at radius 3 is 2.74 bits per heavy atom. The number of hydrogen-bond acceptors (Lipinski definition) is 3. The molecule has 0 radical (unpaired) electrons. The number of aromatic amines is 1. The number of ether oxygens (including phenoxy) is 1. The minimum atomic E-state index is -0.198. The molecule has 0 spiro atoms. The number of aromatic nitrogens is 1. The van der Waals surface area contributed by atoms with Gasteiger partial charge in [-0.2, -0.15) is 0 Å². The lowest BCUT2D eigenvalue weighted by molar-refractivity contribution is 0.0921. The van der Waals surface area contributed by atoms with Crippen molar-refractivity contribution in [2.24, 2.45) is 5.92 Å². The highest BCUT2D eigenvalue weighted by Gasteiger charge is 2.09. The van der Waals surface area contributed by atoms with E-state index in [0.717, 1.165) is 13.0 Å². The summed E-state index contributed by atoms with van der Waals surface area (Å²) in [6.07, 6.45) is 2.32. The van der Waals surface area contributed by atoms with Crippen molar-refractivity contribution in [3.05, 3.63) is 23.5 Å². The summed E-state index contributed by atoms with van der Waals surface area (Å²) in [6, 6.07) is 1.56. The van der Waals surface area contributed by atoms with E-state index < -0.39 is 0 Å². The van der Waals surface area contributed by atoms with Crippen LogP contribution in [0.1, 0.15) is 48.0 Å². The second kappa shape index (κ2) is 7.74. The van der Waals surface area contributed by atoms with Crippen LogP contribution in [-0.4, -0.2) is 36.4 Å². The lowest BCUT2D eigenvalue weighted by Gasteiger charge is -2.07. The molecule has 19 heavy (non-hydrogen) atoms. The zero-order chi connectivity index (χ0) is 14.3. The van der Waals surface area contributed by atoms with Crippen molar-refractivity contribution >= 4 is 11.7 Å². The molecule has 0 saturated heterocycles. The van der Waals surface area contributed by atoms with E-state index in [9.17, 15) is 9.59 Å². The standard InChI is InChI=1S/C14H22N2O3/c1-10(2)9-19-6-4-5-15-14(18)13-7-12(8-16-13)11(3)17/h7-8,10,16H,4-6,9H2,1-3H3,(H,15,18). The molecule has 0 fully saturated rings. The Morgan fingerprint density at radius 2 is 2.16 bits per heavy atom. The number of carbonyl (C=O) groups is 2. The molecular formula is C14H22N2O3. The maximum atomic E-state index is 11.7. The van der Waals surface area contributed by atoms with E-state index in [1.54, 1.807) is 12.3 Å². The van der Waals surface area contributed by atoms with Gasteiger partial charge in [-0.05, 0) is 25.3 Å². The van der Waals surface area contributed by atoms with Gasteiger partial charge in [0.05, 0.1) is 0 Å². The van der Waals surface area contributed by atoms with Crippen molar-refractivity contribution in [3.8, 4) is 0 Å². The normalized spacial score (nSPS) is 10.7. The SMILES string of the molecule is CC(=O)c1c[nH]c(C(=O)NCCCOCC(C)C)c1. The first-order chi connectivity index (χ1) is 9.00. The van der Waals surface area contributed by atoms with E-state index in [0.29, 0.717) is 30.3 Å². The summed E-state index contributed by atoms with van der Waals surface area (Å²) in [5.41, 5.74) is 0.929. The smallest absolute Gasteiger partial charge is 0.267 e. The van der Waals surface area contributed by atoms with Gasteiger partial charge in [0.2, 0.25) is 0 Å². The zero-order valence-corrected chi connectivity index (χ0v) is 11.8. The first-order valence-electron chi connectivity index (χ1n) is 6.56. The third-order valence-corrected chi connectivity index (χ3v) is 2.54. The Morgan fingerprint density at radius 1 is 1.42 bits per heavy atom. The van der Waals surface area contributed by atoms with Crippen molar-refractivity contribution < 1.29 is 14.3 Å². The molecule has 0 aromatic carbocycles. The summed E-state index contributed by atoms with van der Waals surface area (Å²) in [7, 11) is 0. The predicted octanol–water partition coefficient (Wildman–Crippen LogP) is 2.01. The summed E-state index contributed by atoms with van der Waals surface area (Å²) < 4.78 is 5.41. The number of carbonyl (C=O) groups excluding carboxylic acids is 2. The van der Waals surface area contributed by atoms with Gasteiger partial charge in [0.25, 0.3) is 5.91 Å². The van der Waals surface area contributed by atoms with Gasteiger partial charge in [0, 0.05) is 31.5 Å². The molecule has 106 valence electrons. The van der Waals surface area contributed by atoms with Crippen molar-refractivity contribution in [3.63, 3.8) is 0 Å². The molecule has 0 atom stereocenters. The number of H-pyrrole nitrogens is 1. The molecule has 0 aliphatic heterocycles. The Labute approximate surface area is 113 Å². The minimum absolute atomic E-state index is 0.0580. The van der Waals surface area contributed by atoms with Crippen molar-refractivity contribution in [1.82, 2.24) is 10.3 Å². The molecule has 1 aromatic rings. The van der Waals surface area contributed by atoms with Gasteiger partial charge in [-0.15, -0.1) is 0 Å².